The molecule has 0 aliphatic heterocycles. The number of benzene rings is 2. The van der Waals surface area contributed by atoms with Crippen LogP contribution in [0.2, 0.25) is 0 Å². The van der Waals surface area contributed by atoms with E-state index in [9.17, 15) is 4.39 Å². The van der Waals surface area contributed by atoms with Gasteiger partial charge in [0.05, 0.1) is 14.2 Å². The Kier molecular flexibility index (Phi) is 5.36. The van der Waals surface area contributed by atoms with Gasteiger partial charge in [-0.05, 0) is 67.1 Å². The second-order valence-electron chi connectivity index (χ2n) is 6.31. The van der Waals surface area contributed by atoms with Gasteiger partial charge >= 0.3 is 0 Å². The van der Waals surface area contributed by atoms with Crippen LogP contribution in [0.3, 0.4) is 0 Å². The average Bonchev–Trinajstić information content (AvgIpc) is 2.57. The van der Waals surface area contributed by atoms with Gasteiger partial charge in [-0.25, -0.2) is 4.39 Å². The Hall–Kier alpha value is -2.07. The molecule has 0 aromatic heterocycles. The van der Waals surface area contributed by atoms with E-state index in [0.29, 0.717) is 12.0 Å². The first-order valence-corrected chi connectivity index (χ1v) is 8.39. The predicted molar refractivity (Wildman–Crippen MR) is 93.4 cm³/mol. The summed E-state index contributed by atoms with van der Waals surface area (Å²) >= 11 is 0. The first kappa shape index (κ1) is 16.8. The van der Waals surface area contributed by atoms with Crippen LogP contribution in [0.25, 0.3) is 0 Å². The Morgan fingerprint density at radius 1 is 1.00 bits per heavy atom. The zero-order valence-electron chi connectivity index (χ0n) is 14.2. The molecule has 1 saturated carbocycles. The summed E-state index contributed by atoms with van der Waals surface area (Å²) in [5.41, 5.74) is 2.48. The summed E-state index contributed by atoms with van der Waals surface area (Å²) in [4.78, 5) is 0. The highest BCUT2D eigenvalue weighted by Crippen LogP contribution is 2.36. The third-order valence-electron chi connectivity index (χ3n) is 4.77. The van der Waals surface area contributed by atoms with E-state index in [1.165, 1.54) is 11.1 Å². The van der Waals surface area contributed by atoms with Crippen molar-refractivity contribution in [3.63, 3.8) is 0 Å². The van der Waals surface area contributed by atoms with E-state index in [1.54, 1.807) is 26.4 Å². The number of nitrogens with one attached hydrogen (secondary N) is 1. The van der Waals surface area contributed by atoms with E-state index in [4.69, 9.17) is 9.47 Å². The van der Waals surface area contributed by atoms with Gasteiger partial charge in [-0.15, -0.1) is 0 Å². The molecule has 128 valence electrons. The van der Waals surface area contributed by atoms with Crippen LogP contribution in [0.5, 0.6) is 11.5 Å². The standard InChI is InChI=1S/C20H24FNO2/c1-23-19-8-3-14(11-20(19)24-2)9-10-22-18-12-16(13-18)15-4-6-17(21)7-5-15/h3-8,11,16,18,22H,9-10,12-13H2,1-2H3. The minimum absolute atomic E-state index is 0.164. The molecule has 1 N–H and O–H groups in total. The molecule has 4 heteroatoms. The largest absolute Gasteiger partial charge is 0.493 e. The highest BCUT2D eigenvalue weighted by Gasteiger charge is 2.29. The van der Waals surface area contributed by atoms with Crippen LogP contribution in [0.4, 0.5) is 4.39 Å². The van der Waals surface area contributed by atoms with E-state index in [-0.39, 0.29) is 5.82 Å². The Labute approximate surface area is 142 Å². The highest BCUT2D eigenvalue weighted by molar-refractivity contribution is 5.42. The Balaban J connectivity index is 1.43. The monoisotopic (exact) mass is 329 g/mol. The molecule has 0 atom stereocenters. The minimum Gasteiger partial charge on any atom is -0.493 e. The Morgan fingerprint density at radius 3 is 2.38 bits per heavy atom. The lowest BCUT2D eigenvalue weighted by Crippen LogP contribution is -2.40. The Morgan fingerprint density at radius 2 is 1.71 bits per heavy atom. The predicted octanol–water partition coefficient (Wildman–Crippen LogP) is 3.92. The smallest absolute Gasteiger partial charge is 0.160 e. The van der Waals surface area contributed by atoms with E-state index in [1.807, 2.05) is 24.3 Å². The van der Waals surface area contributed by atoms with Crippen LogP contribution in [0.15, 0.2) is 42.5 Å². The van der Waals surface area contributed by atoms with Crippen molar-refractivity contribution in [1.29, 1.82) is 0 Å². The molecule has 24 heavy (non-hydrogen) atoms. The highest BCUT2D eigenvalue weighted by atomic mass is 19.1. The normalized spacial score (nSPS) is 19.6. The zero-order valence-corrected chi connectivity index (χ0v) is 14.2. The molecule has 1 aliphatic rings. The Bertz CT molecular complexity index is 666. The third kappa shape index (κ3) is 3.88. The maximum absolute atomic E-state index is 12.9. The van der Waals surface area contributed by atoms with E-state index >= 15 is 0 Å². The van der Waals surface area contributed by atoms with Gasteiger partial charge in [0.15, 0.2) is 11.5 Å². The SMILES string of the molecule is COc1ccc(CCNC2CC(c3ccc(F)cc3)C2)cc1OC. The quantitative estimate of drug-likeness (QED) is 0.835. The molecule has 0 amide bonds. The van der Waals surface area contributed by atoms with Gasteiger partial charge in [0.2, 0.25) is 0 Å². The summed E-state index contributed by atoms with van der Waals surface area (Å²) in [6.07, 6.45) is 3.20. The van der Waals surface area contributed by atoms with Crippen LogP contribution in [-0.2, 0) is 6.42 Å². The molecule has 1 aliphatic carbocycles. The van der Waals surface area contributed by atoms with Crippen LogP contribution in [0.1, 0.15) is 29.9 Å². The molecule has 2 aromatic carbocycles. The van der Waals surface area contributed by atoms with Gasteiger partial charge in [-0.1, -0.05) is 18.2 Å². The maximum atomic E-state index is 12.9. The summed E-state index contributed by atoms with van der Waals surface area (Å²) in [6.45, 7) is 0.941. The van der Waals surface area contributed by atoms with E-state index < -0.39 is 0 Å². The summed E-state index contributed by atoms with van der Waals surface area (Å²) in [7, 11) is 3.30. The van der Waals surface area contributed by atoms with Crippen molar-refractivity contribution >= 4 is 0 Å². The second-order valence-corrected chi connectivity index (χ2v) is 6.31. The fourth-order valence-corrected chi connectivity index (χ4v) is 3.25. The second kappa shape index (κ2) is 7.67. The van der Waals surface area contributed by atoms with Gasteiger partial charge in [0, 0.05) is 6.04 Å². The molecule has 0 unspecified atom stereocenters. The summed E-state index contributed by atoms with van der Waals surface area (Å²) in [6, 6.07) is 13.5. The number of hydrogen-bond donors (Lipinski definition) is 1. The molecule has 0 bridgehead atoms. The molecule has 2 aromatic rings. The molecule has 0 radical (unpaired) electrons. The molecule has 0 saturated heterocycles. The maximum Gasteiger partial charge on any atom is 0.160 e. The average molecular weight is 329 g/mol. The molecule has 3 rings (SSSR count). The van der Waals surface area contributed by atoms with Crippen LogP contribution < -0.4 is 14.8 Å². The van der Waals surface area contributed by atoms with Gasteiger partial charge in [-0.2, -0.15) is 0 Å². The van der Waals surface area contributed by atoms with Gasteiger partial charge in [0.1, 0.15) is 5.82 Å². The summed E-state index contributed by atoms with van der Waals surface area (Å²) in [5.74, 6) is 1.93. The number of ether oxygens (including phenoxy) is 2. The number of rotatable bonds is 7. The lowest BCUT2D eigenvalue weighted by Gasteiger charge is -2.36. The zero-order chi connectivity index (χ0) is 16.9. The van der Waals surface area contributed by atoms with Crippen molar-refractivity contribution in [1.82, 2.24) is 5.32 Å². The minimum atomic E-state index is -0.164. The van der Waals surface area contributed by atoms with Crippen molar-refractivity contribution in [2.24, 2.45) is 0 Å². The van der Waals surface area contributed by atoms with Crippen LogP contribution >= 0.6 is 0 Å². The molecular weight excluding hydrogens is 305 g/mol. The lowest BCUT2D eigenvalue weighted by atomic mass is 9.76. The summed E-state index contributed by atoms with van der Waals surface area (Å²) in [5, 5.41) is 3.60. The van der Waals surface area contributed by atoms with Gasteiger partial charge in [-0.3, -0.25) is 0 Å². The van der Waals surface area contributed by atoms with Crippen LogP contribution in [0, 0.1) is 5.82 Å². The van der Waals surface area contributed by atoms with Gasteiger partial charge < -0.3 is 14.8 Å². The van der Waals surface area contributed by atoms with E-state index in [0.717, 1.165) is 37.3 Å². The first-order chi connectivity index (χ1) is 11.7. The van der Waals surface area contributed by atoms with Crippen molar-refractivity contribution in [2.75, 3.05) is 20.8 Å². The van der Waals surface area contributed by atoms with Crippen molar-refractivity contribution in [3.8, 4) is 11.5 Å². The van der Waals surface area contributed by atoms with Crippen molar-refractivity contribution in [2.45, 2.75) is 31.2 Å². The fourth-order valence-electron chi connectivity index (χ4n) is 3.25. The molecule has 0 spiro atoms. The topological polar surface area (TPSA) is 30.5 Å². The molecular formula is C20H24FNO2. The number of methoxy groups -OCH3 is 2. The van der Waals surface area contributed by atoms with Crippen molar-refractivity contribution < 1.29 is 13.9 Å². The third-order valence-corrected chi connectivity index (χ3v) is 4.77. The molecule has 3 nitrogen and oxygen atoms in total. The first-order valence-electron chi connectivity index (χ1n) is 8.39. The van der Waals surface area contributed by atoms with E-state index in [2.05, 4.69) is 11.4 Å². The lowest BCUT2D eigenvalue weighted by molar-refractivity contribution is 0.292. The van der Waals surface area contributed by atoms with Crippen molar-refractivity contribution in [3.05, 3.63) is 59.4 Å². The van der Waals surface area contributed by atoms with Crippen LogP contribution in [-0.4, -0.2) is 26.8 Å². The summed E-state index contributed by atoms with van der Waals surface area (Å²) < 4.78 is 23.5. The fraction of sp³-hybridized carbons (Fsp3) is 0.400. The molecule has 0 heterocycles. The number of halogens is 1. The number of hydrogen-bond acceptors (Lipinski definition) is 3. The molecule has 1 fully saturated rings. The van der Waals surface area contributed by atoms with Gasteiger partial charge in [0.25, 0.3) is 0 Å².